The van der Waals surface area contributed by atoms with Crippen LogP contribution >= 0.6 is 11.8 Å². The third-order valence-corrected chi connectivity index (χ3v) is 5.18. The van der Waals surface area contributed by atoms with Crippen molar-refractivity contribution in [2.75, 3.05) is 24.6 Å². The van der Waals surface area contributed by atoms with Crippen LogP contribution in [0.5, 0.6) is 0 Å². The van der Waals surface area contributed by atoms with E-state index in [1.165, 1.54) is 46.7 Å². The Morgan fingerprint density at radius 3 is 2.68 bits per heavy atom. The molecule has 0 unspecified atom stereocenters. The van der Waals surface area contributed by atoms with E-state index in [0.29, 0.717) is 0 Å². The molecule has 0 aliphatic carbocycles. The summed E-state index contributed by atoms with van der Waals surface area (Å²) in [5, 5.41) is 1.18. The third-order valence-electron chi connectivity index (χ3n) is 4.24. The molecule has 1 fully saturated rings. The predicted octanol–water partition coefficient (Wildman–Crippen LogP) is 3.78. The van der Waals surface area contributed by atoms with Crippen LogP contribution in [-0.2, 0) is 6.54 Å². The Hall–Kier alpha value is -1.78. The van der Waals surface area contributed by atoms with Gasteiger partial charge < -0.3 is 4.98 Å². The quantitative estimate of drug-likeness (QED) is 0.799. The van der Waals surface area contributed by atoms with Gasteiger partial charge in [-0.3, -0.25) is 4.90 Å². The highest BCUT2D eigenvalue weighted by Crippen LogP contribution is 2.27. The lowest BCUT2D eigenvalue weighted by atomic mass is 10.0. The topological polar surface area (TPSA) is 31.9 Å². The van der Waals surface area contributed by atoms with Gasteiger partial charge in [0.05, 0.1) is 0 Å². The van der Waals surface area contributed by atoms with Crippen molar-refractivity contribution in [1.29, 1.82) is 0 Å². The molecule has 0 atom stereocenters. The van der Waals surface area contributed by atoms with Crippen molar-refractivity contribution >= 4 is 22.8 Å². The number of fused-ring (bicyclic) bond motifs is 1. The van der Waals surface area contributed by atoms with Gasteiger partial charge in [-0.25, -0.2) is 4.98 Å². The maximum atomic E-state index is 4.36. The molecule has 2 aromatic heterocycles. The van der Waals surface area contributed by atoms with Crippen molar-refractivity contribution in [2.24, 2.45) is 0 Å². The average molecular weight is 309 g/mol. The van der Waals surface area contributed by atoms with Crippen LogP contribution in [0.3, 0.4) is 0 Å². The van der Waals surface area contributed by atoms with Gasteiger partial charge in [0.1, 0.15) is 5.65 Å². The number of hydrogen-bond acceptors (Lipinski definition) is 3. The van der Waals surface area contributed by atoms with Crippen molar-refractivity contribution in [3.05, 3.63) is 54.4 Å². The van der Waals surface area contributed by atoms with Crippen LogP contribution in [-0.4, -0.2) is 39.5 Å². The zero-order chi connectivity index (χ0) is 14.8. The van der Waals surface area contributed by atoms with E-state index >= 15 is 0 Å². The summed E-state index contributed by atoms with van der Waals surface area (Å²) in [4.78, 5) is 10.1. The summed E-state index contributed by atoms with van der Waals surface area (Å²) in [5.74, 6) is 2.53. The number of nitrogens with zero attached hydrogens (tertiary/aromatic N) is 2. The second-order valence-corrected chi connectivity index (χ2v) is 6.91. The Balaban J connectivity index is 1.57. The van der Waals surface area contributed by atoms with E-state index in [0.717, 1.165) is 12.2 Å². The van der Waals surface area contributed by atoms with Crippen LogP contribution in [0.25, 0.3) is 22.2 Å². The first-order valence-electron chi connectivity index (χ1n) is 7.72. The first-order valence-corrected chi connectivity index (χ1v) is 8.87. The first kappa shape index (κ1) is 13.9. The largest absolute Gasteiger partial charge is 0.346 e. The molecule has 1 aromatic carbocycles. The second-order valence-electron chi connectivity index (χ2n) is 5.68. The molecule has 3 nitrogen and oxygen atoms in total. The van der Waals surface area contributed by atoms with Gasteiger partial charge in [-0.2, -0.15) is 11.8 Å². The Kier molecular flexibility index (Phi) is 3.87. The monoisotopic (exact) mass is 309 g/mol. The predicted molar refractivity (Wildman–Crippen MR) is 94.1 cm³/mol. The highest BCUT2D eigenvalue weighted by atomic mass is 32.2. The lowest BCUT2D eigenvalue weighted by Crippen LogP contribution is -2.31. The number of pyridine rings is 1. The number of aromatic nitrogens is 2. The number of hydrogen-bond donors (Lipinski definition) is 1. The molecule has 3 aromatic rings. The van der Waals surface area contributed by atoms with E-state index in [-0.39, 0.29) is 0 Å². The molecular formula is C18H19N3S. The number of benzene rings is 1. The molecule has 4 rings (SSSR count). The fourth-order valence-corrected chi connectivity index (χ4v) is 4.00. The number of H-pyrrole nitrogens is 1. The molecule has 112 valence electrons. The molecule has 1 aliphatic rings. The second kappa shape index (κ2) is 6.15. The van der Waals surface area contributed by atoms with Gasteiger partial charge >= 0.3 is 0 Å². The zero-order valence-electron chi connectivity index (χ0n) is 12.5. The van der Waals surface area contributed by atoms with Gasteiger partial charge in [-0.05, 0) is 28.8 Å². The number of nitrogens with one attached hydrogen (secondary N) is 1. The maximum absolute atomic E-state index is 4.36. The molecule has 3 heterocycles. The van der Waals surface area contributed by atoms with Crippen molar-refractivity contribution in [2.45, 2.75) is 6.54 Å². The molecule has 1 aliphatic heterocycles. The van der Waals surface area contributed by atoms with Gasteiger partial charge in [-0.15, -0.1) is 0 Å². The third kappa shape index (κ3) is 2.76. The first-order chi connectivity index (χ1) is 10.9. The summed E-state index contributed by atoms with van der Waals surface area (Å²) >= 11 is 2.06. The van der Waals surface area contributed by atoms with Crippen LogP contribution in [0, 0.1) is 0 Å². The summed E-state index contributed by atoms with van der Waals surface area (Å²) in [7, 11) is 0. The molecular weight excluding hydrogens is 290 g/mol. The van der Waals surface area contributed by atoms with Crippen molar-refractivity contribution in [1.82, 2.24) is 14.9 Å². The molecule has 1 saturated heterocycles. The van der Waals surface area contributed by atoms with Crippen molar-refractivity contribution in [3.8, 4) is 11.1 Å². The van der Waals surface area contributed by atoms with Gasteiger partial charge in [0.25, 0.3) is 0 Å². The van der Waals surface area contributed by atoms with Crippen LogP contribution in [0.15, 0.2) is 48.8 Å². The van der Waals surface area contributed by atoms with E-state index in [4.69, 9.17) is 0 Å². The normalized spacial score (nSPS) is 16.2. The molecule has 22 heavy (non-hydrogen) atoms. The fourth-order valence-electron chi connectivity index (χ4n) is 3.02. The van der Waals surface area contributed by atoms with Gasteiger partial charge in [0, 0.05) is 48.9 Å². The minimum Gasteiger partial charge on any atom is -0.346 e. The summed E-state index contributed by atoms with van der Waals surface area (Å²) in [6.07, 6.45) is 3.82. The van der Waals surface area contributed by atoms with Gasteiger partial charge in [0.2, 0.25) is 0 Å². The summed E-state index contributed by atoms with van der Waals surface area (Å²) in [6, 6.07) is 13.2. The number of thioether (sulfide) groups is 1. The van der Waals surface area contributed by atoms with Crippen LogP contribution < -0.4 is 0 Å². The highest BCUT2D eigenvalue weighted by molar-refractivity contribution is 7.99. The molecule has 0 bridgehead atoms. The minimum absolute atomic E-state index is 0.951. The van der Waals surface area contributed by atoms with Gasteiger partial charge in [0.15, 0.2) is 0 Å². The SMILES string of the molecule is c1cc(-c2ccc(CN3CCSCC3)cc2)c2cc[nH]c2n1. The minimum atomic E-state index is 0.951. The molecule has 0 spiro atoms. The van der Waals surface area contributed by atoms with E-state index in [1.54, 1.807) is 0 Å². The van der Waals surface area contributed by atoms with Crippen LogP contribution in [0.4, 0.5) is 0 Å². The van der Waals surface area contributed by atoms with E-state index in [2.05, 4.69) is 63.0 Å². The highest BCUT2D eigenvalue weighted by Gasteiger charge is 2.11. The van der Waals surface area contributed by atoms with Crippen LogP contribution in [0.1, 0.15) is 5.56 Å². The van der Waals surface area contributed by atoms with Crippen molar-refractivity contribution < 1.29 is 0 Å². The number of aromatic amines is 1. The molecule has 0 radical (unpaired) electrons. The van der Waals surface area contributed by atoms with Gasteiger partial charge in [-0.1, -0.05) is 24.3 Å². The standard InChI is InChI=1S/C18H19N3S/c1-3-15(16-5-7-19-18-17(16)6-8-20-18)4-2-14(1)13-21-9-11-22-12-10-21/h1-8H,9-13H2,(H,19,20). The maximum Gasteiger partial charge on any atom is 0.137 e. The Labute approximate surface area is 134 Å². The summed E-state index contributed by atoms with van der Waals surface area (Å²) in [5.41, 5.74) is 4.85. The molecule has 4 heteroatoms. The van der Waals surface area contributed by atoms with E-state index < -0.39 is 0 Å². The van der Waals surface area contributed by atoms with E-state index in [1.807, 2.05) is 12.4 Å². The van der Waals surface area contributed by atoms with E-state index in [9.17, 15) is 0 Å². The molecule has 0 saturated carbocycles. The van der Waals surface area contributed by atoms with Crippen LogP contribution in [0.2, 0.25) is 0 Å². The summed E-state index contributed by atoms with van der Waals surface area (Å²) in [6.45, 7) is 3.48. The van der Waals surface area contributed by atoms with Crippen molar-refractivity contribution in [3.63, 3.8) is 0 Å². The fraction of sp³-hybridized carbons (Fsp3) is 0.278. The Morgan fingerprint density at radius 2 is 1.86 bits per heavy atom. The number of rotatable bonds is 3. The molecule has 1 N–H and O–H groups in total. The molecule has 0 amide bonds. The average Bonchev–Trinajstić information content (AvgIpc) is 3.05. The zero-order valence-corrected chi connectivity index (χ0v) is 13.3. The lowest BCUT2D eigenvalue weighted by Gasteiger charge is -2.26. The Morgan fingerprint density at radius 1 is 1.05 bits per heavy atom. The Bertz CT molecular complexity index is 757. The smallest absolute Gasteiger partial charge is 0.137 e. The lowest BCUT2D eigenvalue weighted by molar-refractivity contribution is 0.294. The summed E-state index contributed by atoms with van der Waals surface area (Å²) < 4.78 is 0.